The molecule has 2 rings (SSSR count). The number of nitro groups is 1. The van der Waals surface area contributed by atoms with Crippen molar-refractivity contribution in [3.8, 4) is 5.75 Å². The molecule has 0 aliphatic carbocycles. The summed E-state index contributed by atoms with van der Waals surface area (Å²) in [7, 11) is 1.50. The largest absolute Gasteiger partial charge is 0.497 e. The van der Waals surface area contributed by atoms with E-state index in [1.165, 1.54) is 7.11 Å². The SMILES string of the molecule is COc1ccc(NC(=O)Cn2cc([N+](=O)[O-])c(=O)[nH]c2=O)cc1. The van der Waals surface area contributed by atoms with Gasteiger partial charge in [-0.3, -0.25) is 29.3 Å². The van der Waals surface area contributed by atoms with E-state index in [1.54, 1.807) is 29.2 Å². The van der Waals surface area contributed by atoms with E-state index in [0.717, 1.165) is 10.8 Å². The molecule has 1 heterocycles. The Hall–Kier alpha value is -3.43. The number of ether oxygens (including phenoxy) is 1. The molecule has 2 N–H and O–H groups in total. The number of aromatic nitrogens is 2. The second-order valence-electron chi connectivity index (χ2n) is 4.44. The van der Waals surface area contributed by atoms with Gasteiger partial charge in [0.2, 0.25) is 5.91 Å². The number of nitrogens with one attached hydrogen (secondary N) is 2. The maximum absolute atomic E-state index is 11.9. The molecule has 2 aromatic rings. The summed E-state index contributed by atoms with van der Waals surface area (Å²) in [4.78, 5) is 46.2. The number of benzene rings is 1. The predicted octanol–water partition coefficient (Wildman–Crippen LogP) is 0.0921. The molecule has 0 bridgehead atoms. The van der Waals surface area contributed by atoms with Crippen LogP contribution in [0.1, 0.15) is 0 Å². The summed E-state index contributed by atoms with van der Waals surface area (Å²) in [6, 6.07) is 6.45. The Morgan fingerprint density at radius 1 is 1.35 bits per heavy atom. The van der Waals surface area contributed by atoms with Gasteiger partial charge in [-0.1, -0.05) is 0 Å². The zero-order valence-electron chi connectivity index (χ0n) is 11.9. The fourth-order valence-electron chi connectivity index (χ4n) is 1.77. The molecule has 0 aliphatic rings. The third kappa shape index (κ3) is 3.81. The van der Waals surface area contributed by atoms with Gasteiger partial charge in [-0.05, 0) is 24.3 Å². The molecular weight excluding hydrogens is 308 g/mol. The van der Waals surface area contributed by atoms with Crippen molar-refractivity contribution >= 4 is 17.3 Å². The first-order valence-corrected chi connectivity index (χ1v) is 6.33. The highest BCUT2D eigenvalue weighted by Crippen LogP contribution is 2.14. The van der Waals surface area contributed by atoms with E-state index in [1.807, 2.05) is 0 Å². The van der Waals surface area contributed by atoms with E-state index in [4.69, 9.17) is 4.74 Å². The summed E-state index contributed by atoms with van der Waals surface area (Å²) < 4.78 is 5.73. The molecule has 23 heavy (non-hydrogen) atoms. The number of amides is 1. The Kier molecular flexibility index (Phi) is 4.55. The van der Waals surface area contributed by atoms with Gasteiger partial charge in [0, 0.05) is 5.69 Å². The van der Waals surface area contributed by atoms with Crippen molar-refractivity contribution in [1.82, 2.24) is 9.55 Å². The predicted molar refractivity (Wildman–Crippen MR) is 79.6 cm³/mol. The van der Waals surface area contributed by atoms with Gasteiger partial charge in [-0.15, -0.1) is 0 Å². The second kappa shape index (κ2) is 6.56. The Bertz CT molecular complexity index is 852. The van der Waals surface area contributed by atoms with Crippen LogP contribution >= 0.6 is 0 Å². The lowest BCUT2D eigenvalue weighted by atomic mass is 10.3. The van der Waals surface area contributed by atoms with Crippen LogP contribution in [0.15, 0.2) is 40.1 Å². The number of methoxy groups -OCH3 is 1. The Balaban J connectivity index is 2.16. The lowest BCUT2D eigenvalue weighted by Gasteiger charge is -2.07. The van der Waals surface area contributed by atoms with Crippen molar-refractivity contribution in [2.75, 3.05) is 12.4 Å². The third-order valence-electron chi connectivity index (χ3n) is 2.88. The lowest BCUT2D eigenvalue weighted by Crippen LogP contribution is -2.34. The number of carbonyl (C=O) groups excluding carboxylic acids is 1. The smallest absolute Gasteiger partial charge is 0.350 e. The van der Waals surface area contributed by atoms with E-state index in [9.17, 15) is 24.5 Å². The number of H-pyrrole nitrogens is 1. The minimum absolute atomic E-state index is 0.461. The summed E-state index contributed by atoms with van der Waals surface area (Å²) >= 11 is 0. The van der Waals surface area contributed by atoms with Gasteiger partial charge in [-0.2, -0.15) is 0 Å². The van der Waals surface area contributed by atoms with Crippen LogP contribution in [0.2, 0.25) is 0 Å². The molecule has 10 heteroatoms. The van der Waals surface area contributed by atoms with Crippen molar-refractivity contribution < 1.29 is 14.5 Å². The summed E-state index contributed by atoms with van der Waals surface area (Å²) in [6.07, 6.45) is 0.731. The number of nitrogens with zero attached hydrogens (tertiary/aromatic N) is 2. The number of anilines is 1. The zero-order chi connectivity index (χ0) is 17.0. The number of hydrogen-bond donors (Lipinski definition) is 2. The van der Waals surface area contributed by atoms with Crippen molar-refractivity contribution in [1.29, 1.82) is 0 Å². The molecule has 120 valence electrons. The number of hydrogen-bond acceptors (Lipinski definition) is 6. The molecular formula is C13H12N4O6. The van der Waals surface area contributed by atoms with Crippen LogP contribution < -0.4 is 21.3 Å². The summed E-state index contributed by atoms with van der Waals surface area (Å²) in [5.74, 6) is 0.0223. The van der Waals surface area contributed by atoms with Crippen LogP contribution in [0, 0.1) is 10.1 Å². The van der Waals surface area contributed by atoms with Crippen LogP contribution in [0.5, 0.6) is 5.75 Å². The maximum Gasteiger partial charge on any atom is 0.350 e. The highest BCUT2D eigenvalue weighted by molar-refractivity contribution is 5.90. The van der Waals surface area contributed by atoms with Crippen molar-refractivity contribution in [3.63, 3.8) is 0 Å². The molecule has 1 aromatic carbocycles. The maximum atomic E-state index is 11.9. The Morgan fingerprint density at radius 2 is 2.00 bits per heavy atom. The topological polar surface area (TPSA) is 136 Å². The van der Waals surface area contributed by atoms with E-state index in [2.05, 4.69) is 5.32 Å². The minimum atomic E-state index is -1.12. The summed E-state index contributed by atoms with van der Waals surface area (Å²) in [5.41, 5.74) is -2.39. The van der Waals surface area contributed by atoms with Crippen LogP contribution in [0.3, 0.4) is 0 Å². The van der Waals surface area contributed by atoms with Gasteiger partial charge in [0.1, 0.15) is 12.3 Å². The quantitative estimate of drug-likeness (QED) is 0.592. The summed E-state index contributed by atoms with van der Waals surface area (Å²) in [6.45, 7) is -0.484. The number of carbonyl (C=O) groups is 1. The molecule has 0 radical (unpaired) electrons. The first kappa shape index (κ1) is 15.9. The Labute approximate surface area is 128 Å². The van der Waals surface area contributed by atoms with Gasteiger partial charge in [-0.25, -0.2) is 4.79 Å². The average Bonchev–Trinajstić information content (AvgIpc) is 2.50. The molecule has 0 fully saturated rings. The van der Waals surface area contributed by atoms with Crippen molar-refractivity contribution in [3.05, 3.63) is 61.4 Å². The third-order valence-corrected chi connectivity index (χ3v) is 2.88. The van der Waals surface area contributed by atoms with E-state index in [-0.39, 0.29) is 0 Å². The fraction of sp³-hybridized carbons (Fsp3) is 0.154. The van der Waals surface area contributed by atoms with E-state index < -0.39 is 34.3 Å². The molecule has 1 aromatic heterocycles. The van der Waals surface area contributed by atoms with Crippen LogP contribution in [0.25, 0.3) is 0 Å². The van der Waals surface area contributed by atoms with Crippen LogP contribution in [-0.4, -0.2) is 27.5 Å². The van der Waals surface area contributed by atoms with Crippen LogP contribution in [-0.2, 0) is 11.3 Å². The lowest BCUT2D eigenvalue weighted by molar-refractivity contribution is -0.386. The van der Waals surface area contributed by atoms with Gasteiger partial charge < -0.3 is 10.1 Å². The Morgan fingerprint density at radius 3 is 2.57 bits per heavy atom. The van der Waals surface area contributed by atoms with Gasteiger partial charge >= 0.3 is 16.9 Å². The van der Waals surface area contributed by atoms with Crippen molar-refractivity contribution in [2.24, 2.45) is 0 Å². The number of rotatable bonds is 5. The monoisotopic (exact) mass is 320 g/mol. The first-order chi connectivity index (χ1) is 10.9. The highest BCUT2D eigenvalue weighted by Gasteiger charge is 2.16. The fourth-order valence-corrected chi connectivity index (χ4v) is 1.77. The number of aromatic amines is 1. The molecule has 0 aliphatic heterocycles. The van der Waals surface area contributed by atoms with Crippen molar-refractivity contribution in [2.45, 2.75) is 6.54 Å². The molecule has 0 saturated carbocycles. The minimum Gasteiger partial charge on any atom is -0.497 e. The first-order valence-electron chi connectivity index (χ1n) is 6.33. The van der Waals surface area contributed by atoms with Crippen LogP contribution in [0.4, 0.5) is 11.4 Å². The standard InChI is InChI=1S/C13H12N4O6/c1-23-9-4-2-8(3-5-9)14-11(18)7-16-6-10(17(21)22)12(19)15-13(16)20/h2-6H,7H2,1H3,(H,14,18)(H,15,19,20). The molecule has 0 saturated heterocycles. The molecule has 0 unspecified atom stereocenters. The molecule has 0 spiro atoms. The zero-order valence-corrected chi connectivity index (χ0v) is 11.9. The highest BCUT2D eigenvalue weighted by atomic mass is 16.6. The molecule has 0 atom stereocenters. The normalized spacial score (nSPS) is 10.1. The average molecular weight is 320 g/mol. The molecule has 1 amide bonds. The molecule has 10 nitrogen and oxygen atoms in total. The van der Waals surface area contributed by atoms with Gasteiger partial charge in [0.25, 0.3) is 0 Å². The summed E-state index contributed by atoms with van der Waals surface area (Å²) in [5, 5.41) is 13.2. The second-order valence-corrected chi connectivity index (χ2v) is 4.44. The van der Waals surface area contributed by atoms with Gasteiger partial charge in [0.15, 0.2) is 0 Å². The van der Waals surface area contributed by atoms with Gasteiger partial charge in [0.05, 0.1) is 18.2 Å². The van der Waals surface area contributed by atoms with E-state index >= 15 is 0 Å². The van der Waals surface area contributed by atoms with E-state index in [0.29, 0.717) is 11.4 Å².